The van der Waals surface area contributed by atoms with Gasteiger partial charge in [0.15, 0.2) is 0 Å². The summed E-state index contributed by atoms with van der Waals surface area (Å²) >= 11 is 1.78. The van der Waals surface area contributed by atoms with Crippen LogP contribution in [-0.2, 0) is 6.42 Å². The van der Waals surface area contributed by atoms with E-state index >= 15 is 0 Å². The number of hydrogen-bond donors (Lipinski definition) is 1. The van der Waals surface area contributed by atoms with Crippen LogP contribution in [0.1, 0.15) is 32.3 Å². The van der Waals surface area contributed by atoms with Gasteiger partial charge in [0, 0.05) is 24.4 Å². The van der Waals surface area contributed by atoms with E-state index in [9.17, 15) is 0 Å². The smallest absolute Gasteiger partial charge is 0.0699 e. The van der Waals surface area contributed by atoms with Crippen molar-refractivity contribution in [3.63, 3.8) is 0 Å². The standard InChI is InChI=1S/C16H26N2S/c1-13-8-10-18(11-9-13)16(2,17)12-14-4-6-15(19-3)7-5-14/h4-7,13H,8-12,17H2,1-3H3. The van der Waals surface area contributed by atoms with E-state index in [0.717, 1.165) is 25.4 Å². The van der Waals surface area contributed by atoms with Crippen molar-refractivity contribution in [3.05, 3.63) is 29.8 Å². The molecule has 2 N–H and O–H groups in total. The Balaban J connectivity index is 1.99. The fraction of sp³-hybridized carbons (Fsp3) is 0.625. The molecule has 2 nitrogen and oxygen atoms in total. The maximum absolute atomic E-state index is 6.56. The fourth-order valence-corrected chi connectivity index (χ4v) is 3.20. The molecule has 1 fully saturated rings. The molecule has 1 atom stereocenters. The summed E-state index contributed by atoms with van der Waals surface area (Å²) in [7, 11) is 0. The maximum atomic E-state index is 6.56. The third kappa shape index (κ3) is 3.98. The number of nitrogens with two attached hydrogens (primary N) is 1. The van der Waals surface area contributed by atoms with Crippen molar-refractivity contribution >= 4 is 11.8 Å². The van der Waals surface area contributed by atoms with Gasteiger partial charge in [-0.2, -0.15) is 0 Å². The van der Waals surface area contributed by atoms with Crippen LogP contribution in [0.15, 0.2) is 29.2 Å². The number of hydrogen-bond acceptors (Lipinski definition) is 3. The van der Waals surface area contributed by atoms with E-state index < -0.39 is 0 Å². The molecule has 0 aliphatic carbocycles. The summed E-state index contributed by atoms with van der Waals surface area (Å²) in [4.78, 5) is 3.77. The van der Waals surface area contributed by atoms with E-state index in [1.165, 1.54) is 23.3 Å². The van der Waals surface area contributed by atoms with Crippen LogP contribution in [0.2, 0.25) is 0 Å². The third-order valence-electron chi connectivity index (χ3n) is 4.23. The first kappa shape index (κ1) is 14.9. The van der Waals surface area contributed by atoms with Crippen molar-refractivity contribution in [2.75, 3.05) is 19.3 Å². The quantitative estimate of drug-likeness (QED) is 0.856. The summed E-state index contributed by atoms with van der Waals surface area (Å²) in [5, 5.41) is 0. The molecule has 0 bridgehead atoms. The van der Waals surface area contributed by atoms with Gasteiger partial charge >= 0.3 is 0 Å². The minimum Gasteiger partial charge on any atom is -0.313 e. The van der Waals surface area contributed by atoms with E-state index in [1.54, 1.807) is 11.8 Å². The average Bonchev–Trinajstić information content (AvgIpc) is 2.40. The van der Waals surface area contributed by atoms with E-state index in [2.05, 4.69) is 49.3 Å². The van der Waals surface area contributed by atoms with Crippen molar-refractivity contribution in [2.24, 2.45) is 11.7 Å². The zero-order chi connectivity index (χ0) is 13.9. The minimum absolute atomic E-state index is 0.221. The molecule has 0 amide bonds. The third-order valence-corrected chi connectivity index (χ3v) is 4.97. The Morgan fingerprint density at radius 2 is 1.84 bits per heavy atom. The van der Waals surface area contributed by atoms with Gasteiger partial charge in [-0.25, -0.2) is 0 Å². The molecule has 1 unspecified atom stereocenters. The molecule has 0 aromatic heterocycles. The van der Waals surface area contributed by atoms with E-state index in [4.69, 9.17) is 5.73 Å². The van der Waals surface area contributed by atoms with Crippen LogP contribution in [0, 0.1) is 5.92 Å². The highest BCUT2D eigenvalue weighted by molar-refractivity contribution is 7.98. The van der Waals surface area contributed by atoms with Crippen molar-refractivity contribution < 1.29 is 0 Å². The van der Waals surface area contributed by atoms with Gasteiger partial charge in [0.05, 0.1) is 5.66 Å². The summed E-state index contributed by atoms with van der Waals surface area (Å²) in [6.45, 7) is 6.78. The largest absolute Gasteiger partial charge is 0.313 e. The normalized spacial score (nSPS) is 21.3. The maximum Gasteiger partial charge on any atom is 0.0699 e. The first-order chi connectivity index (χ1) is 9.01. The molecule has 0 saturated carbocycles. The molecule has 0 radical (unpaired) electrons. The SMILES string of the molecule is CSc1ccc(CC(C)(N)N2CCC(C)CC2)cc1. The van der Waals surface area contributed by atoms with Crippen LogP contribution in [0.4, 0.5) is 0 Å². The van der Waals surface area contributed by atoms with E-state index in [1.807, 2.05) is 0 Å². The van der Waals surface area contributed by atoms with Gasteiger partial charge in [0.25, 0.3) is 0 Å². The van der Waals surface area contributed by atoms with E-state index in [0.29, 0.717) is 0 Å². The van der Waals surface area contributed by atoms with E-state index in [-0.39, 0.29) is 5.66 Å². The van der Waals surface area contributed by atoms with Crippen LogP contribution in [0.5, 0.6) is 0 Å². The van der Waals surface area contributed by atoms with Gasteiger partial charge in [-0.15, -0.1) is 11.8 Å². The zero-order valence-electron chi connectivity index (χ0n) is 12.4. The lowest BCUT2D eigenvalue weighted by molar-refractivity contribution is 0.0695. The summed E-state index contributed by atoms with van der Waals surface area (Å²) in [5.74, 6) is 0.855. The first-order valence-corrected chi connectivity index (χ1v) is 8.40. The molecule has 1 aromatic rings. The lowest BCUT2D eigenvalue weighted by Gasteiger charge is -2.42. The molecule has 1 aliphatic heterocycles. The Kier molecular flexibility index (Phi) is 4.93. The number of thioether (sulfide) groups is 1. The molecule has 0 spiro atoms. The van der Waals surface area contributed by atoms with Crippen LogP contribution in [-0.4, -0.2) is 29.9 Å². The number of benzene rings is 1. The van der Waals surface area contributed by atoms with Gasteiger partial charge < -0.3 is 5.73 Å². The van der Waals surface area contributed by atoms with Crippen LogP contribution < -0.4 is 5.73 Å². The van der Waals surface area contributed by atoms with Crippen LogP contribution >= 0.6 is 11.8 Å². The van der Waals surface area contributed by atoms with Crippen molar-refractivity contribution in [2.45, 2.75) is 43.7 Å². The Labute approximate surface area is 121 Å². The molecule has 1 saturated heterocycles. The molecule has 1 aliphatic rings. The Bertz CT molecular complexity index is 392. The Morgan fingerprint density at radius 3 is 2.37 bits per heavy atom. The van der Waals surface area contributed by atoms with Gasteiger partial charge in [-0.05, 0) is 49.6 Å². The number of piperidine rings is 1. The van der Waals surface area contributed by atoms with Crippen molar-refractivity contribution in [1.82, 2.24) is 4.90 Å². The number of likely N-dealkylation sites (tertiary alicyclic amines) is 1. The molecule has 2 rings (SSSR count). The average molecular weight is 278 g/mol. The van der Waals surface area contributed by atoms with Crippen LogP contribution in [0.25, 0.3) is 0 Å². The molecular weight excluding hydrogens is 252 g/mol. The second-order valence-electron chi connectivity index (χ2n) is 6.05. The summed E-state index contributed by atoms with van der Waals surface area (Å²) in [6, 6.07) is 8.80. The monoisotopic (exact) mass is 278 g/mol. The first-order valence-electron chi connectivity index (χ1n) is 7.18. The highest BCUT2D eigenvalue weighted by Crippen LogP contribution is 2.24. The molecule has 1 aromatic carbocycles. The second kappa shape index (κ2) is 6.29. The zero-order valence-corrected chi connectivity index (χ0v) is 13.2. The van der Waals surface area contributed by atoms with Crippen molar-refractivity contribution in [3.8, 4) is 0 Å². The molecule has 1 heterocycles. The summed E-state index contributed by atoms with van der Waals surface area (Å²) in [5.41, 5.74) is 7.67. The van der Waals surface area contributed by atoms with Crippen molar-refractivity contribution in [1.29, 1.82) is 0 Å². The number of rotatable bonds is 4. The van der Waals surface area contributed by atoms with Crippen LogP contribution in [0.3, 0.4) is 0 Å². The summed E-state index contributed by atoms with van der Waals surface area (Å²) in [6.07, 6.45) is 5.59. The lowest BCUT2D eigenvalue weighted by Crippen LogP contribution is -2.57. The van der Waals surface area contributed by atoms with Gasteiger partial charge in [-0.3, -0.25) is 4.90 Å². The Hall–Kier alpha value is -0.510. The number of nitrogens with zero attached hydrogens (tertiary/aromatic N) is 1. The molecule has 106 valence electrons. The highest BCUT2D eigenvalue weighted by atomic mass is 32.2. The molecular formula is C16H26N2S. The van der Waals surface area contributed by atoms with Gasteiger partial charge in [0.1, 0.15) is 0 Å². The Morgan fingerprint density at radius 1 is 1.26 bits per heavy atom. The van der Waals surface area contributed by atoms with Gasteiger partial charge in [-0.1, -0.05) is 19.1 Å². The topological polar surface area (TPSA) is 29.3 Å². The molecule has 19 heavy (non-hydrogen) atoms. The molecule has 3 heteroatoms. The second-order valence-corrected chi connectivity index (χ2v) is 6.93. The summed E-state index contributed by atoms with van der Waals surface area (Å²) < 4.78 is 0. The van der Waals surface area contributed by atoms with Gasteiger partial charge in [0.2, 0.25) is 0 Å². The predicted octanol–water partition coefficient (Wildman–Crippen LogP) is 3.36. The minimum atomic E-state index is -0.221. The fourth-order valence-electron chi connectivity index (χ4n) is 2.79. The highest BCUT2D eigenvalue weighted by Gasteiger charge is 2.30. The predicted molar refractivity (Wildman–Crippen MR) is 84.5 cm³/mol. The lowest BCUT2D eigenvalue weighted by atomic mass is 9.93.